The number of nitriles is 1. The number of hydrogen-bond donors (Lipinski definition) is 1. The molecule has 0 aliphatic carbocycles. The zero-order chi connectivity index (χ0) is 18.5. The first-order valence-electron chi connectivity index (χ1n) is 7.75. The third-order valence-corrected chi connectivity index (χ3v) is 4.16. The van der Waals surface area contributed by atoms with Gasteiger partial charge in [0.25, 0.3) is 5.91 Å². The van der Waals surface area contributed by atoms with E-state index < -0.39 is 0 Å². The number of carbonyl (C=O) groups is 1. The molecule has 2 aromatic carbocycles. The number of nitrogens with zero attached hydrogens (tertiary/aromatic N) is 2. The van der Waals surface area contributed by atoms with E-state index in [1.54, 1.807) is 42.5 Å². The van der Waals surface area contributed by atoms with Crippen LogP contribution in [0.1, 0.15) is 21.5 Å². The second kappa shape index (κ2) is 7.77. The summed E-state index contributed by atoms with van der Waals surface area (Å²) in [7, 11) is 0. The topological polar surface area (TPSA) is 65.8 Å². The largest absolute Gasteiger partial charge is 0.348 e. The maximum absolute atomic E-state index is 13.9. The van der Waals surface area contributed by atoms with Crippen molar-refractivity contribution in [2.45, 2.75) is 6.54 Å². The van der Waals surface area contributed by atoms with Crippen molar-refractivity contribution in [3.05, 3.63) is 88.5 Å². The van der Waals surface area contributed by atoms with Crippen molar-refractivity contribution < 1.29 is 9.18 Å². The molecule has 3 rings (SSSR count). The smallest absolute Gasteiger partial charge is 0.253 e. The summed E-state index contributed by atoms with van der Waals surface area (Å²) in [6.07, 6.45) is 2.92. The van der Waals surface area contributed by atoms with Gasteiger partial charge in [-0.05, 0) is 29.8 Å². The minimum absolute atomic E-state index is 0.202. The lowest BCUT2D eigenvalue weighted by Crippen LogP contribution is -2.23. The summed E-state index contributed by atoms with van der Waals surface area (Å²) in [5, 5.41) is 12.0. The van der Waals surface area contributed by atoms with Crippen LogP contribution in [0.4, 0.5) is 4.39 Å². The fourth-order valence-corrected chi connectivity index (χ4v) is 2.69. The van der Waals surface area contributed by atoms with E-state index in [-0.39, 0.29) is 18.3 Å². The van der Waals surface area contributed by atoms with Gasteiger partial charge in [-0.2, -0.15) is 5.26 Å². The Bertz CT molecular complexity index is 1010. The Morgan fingerprint density at radius 1 is 1.19 bits per heavy atom. The average molecular weight is 366 g/mol. The van der Waals surface area contributed by atoms with Crippen LogP contribution in [-0.2, 0) is 6.54 Å². The Morgan fingerprint density at radius 2 is 2.00 bits per heavy atom. The Hall–Kier alpha value is -3.23. The average Bonchev–Trinajstić information content (AvgIpc) is 2.67. The van der Waals surface area contributed by atoms with Crippen LogP contribution in [-0.4, -0.2) is 10.9 Å². The molecule has 0 saturated carbocycles. The molecule has 1 heterocycles. The monoisotopic (exact) mass is 365 g/mol. The number of aromatic nitrogens is 1. The van der Waals surface area contributed by atoms with Crippen molar-refractivity contribution in [3.63, 3.8) is 0 Å². The molecular weight excluding hydrogens is 353 g/mol. The summed E-state index contributed by atoms with van der Waals surface area (Å²) in [6.45, 7) is 0.202. The van der Waals surface area contributed by atoms with Crippen LogP contribution in [0.25, 0.3) is 11.1 Å². The normalized spacial score (nSPS) is 10.2. The molecule has 26 heavy (non-hydrogen) atoms. The summed E-state index contributed by atoms with van der Waals surface area (Å²) in [4.78, 5) is 16.4. The van der Waals surface area contributed by atoms with E-state index in [0.29, 0.717) is 32.8 Å². The van der Waals surface area contributed by atoms with Gasteiger partial charge in [0.15, 0.2) is 0 Å². The molecular formula is C20H13ClFN3O. The van der Waals surface area contributed by atoms with E-state index in [2.05, 4.69) is 10.3 Å². The zero-order valence-electron chi connectivity index (χ0n) is 13.5. The van der Waals surface area contributed by atoms with Crippen LogP contribution in [0.15, 0.2) is 60.9 Å². The third kappa shape index (κ3) is 3.88. The Labute approximate surface area is 154 Å². The molecule has 0 fully saturated rings. The Kier molecular flexibility index (Phi) is 5.26. The van der Waals surface area contributed by atoms with Gasteiger partial charge >= 0.3 is 0 Å². The summed E-state index contributed by atoms with van der Waals surface area (Å²) < 4.78 is 13.9. The van der Waals surface area contributed by atoms with Gasteiger partial charge in [0.05, 0.1) is 17.2 Å². The first-order chi connectivity index (χ1) is 12.6. The lowest BCUT2D eigenvalue weighted by molar-refractivity contribution is 0.0950. The molecule has 0 radical (unpaired) electrons. The van der Waals surface area contributed by atoms with Crippen LogP contribution in [0, 0.1) is 17.1 Å². The highest BCUT2D eigenvalue weighted by Crippen LogP contribution is 2.22. The van der Waals surface area contributed by atoms with Gasteiger partial charge in [-0.15, -0.1) is 0 Å². The van der Waals surface area contributed by atoms with E-state index in [1.807, 2.05) is 6.07 Å². The second-order valence-corrected chi connectivity index (χ2v) is 5.95. The van der Waals surface area contributed by atoms with Crippen molar-refractivity contribution in [3.8, 4) is 17.2 Å². The number of benzene rings is 2. The number of pyridine rings is 1. The Balaban J connectivity index is 1.76. The van der Waals surface area contributed by atoms with Crippen LogP contribution >= 0.6 is 11.6 Å². The summed E-state index contributed by atoms with van der Waals surface area (Å²) in [5.41, 5.74) is 2.36. The summed E-state index contributed by atoms with van der Waals surface area (Å²) >= 11 is 6.10. The molecule has 0 saturated heterocycles. The predicted octanol–water partition coefficient (Wildman–Crippen LogP) is 4.34. The molecule has 0 atom stereocenters. The van der Waals surface area contributed by atoms with Crippen molar-refractivity contribution in [1.82, 2.24) is 10.3 Å². The molecule has 6 heteroatoms. The molecule has 1 aromatic heterocycles. The van der Waals surface area contributed by atoms with E-state index >= 15 is 0 Å². The minimum atomic E-state index is -0.378. The quantitative estimate of drug-likeness (QED) is 0.747. The van der Waals surface area contributed by atoms with Gasteiger partial charge in [-0.25, -0.2) is 4.39 Å². The lowest BCUT2D eigenvalue weighted by atomic mass is 10.1. The first kappa shape index (κ1) is 17.6. The summed E-state index contributed by atoms with van der Waals surface area (Å²) in [5.74, 6) is -0.729. The molecule has 3 aromatic rings. The van der Waals surface area contributed by atoms with E-state index in [4.69, 9.17) is 16.9 Å². The second-order valence-electron chi connectivity index (χ2n) is 5.54. The SMILES string of the molecule is N#Cc1ccc(CNC(=O)c2cncc(-c3ccccc3F)c2)c(Cl)c1. The van der Waals surface area contributed by atoms with Crippen molar-refractivity contribution in [1.29, 1.82) is 5.26 Å². The van der Waals surface area contributed by atoms with Crippen molar-refractivity contribution in [2.24, 2.45) is 0 Å². The predicted molar refractivity (Wildman–Crippen MR) is 97.0 cm³/mol. The van der Waals surface area contributed by atoms with Gasteiger partial charge in [-0.3, -0.25) is 9.78 Å². The molecule has 0 aliphatic heterocycles. The first-order valence-corrected chi connectivity index (χ1v) is 8.13. The maximum Gasteiger partial charge on any atom is 0.253 e. The molecule has 0 aliphatic rings. The highest BCUT2D eigenvalue weighted by atomic mass is 35.5. The molecule has 128 valence electrons. The molecule has 0 spiro atoms. The fourth-order valence-electron chi connectivity index (χ4n) is 2.44. The highest BCUT2D eigenvalue weighted by Gasteiger charge is 2.11. The summed E-state index contributed by atoms with van der Waals surface area (Å²) in [6, 6.07) is 14.8. The maximum atomic E-state index is 13.9. The Morgan fingerprint density at radius 3 is 2.73 bits per heavy atom. The number of halogens is 2. The fraction of sp³-hybridized carbons (Fsp3) is 0.0500. The van der Waals surface area contributed by atoms with Crippen LogP contribution < -0.4 is 5.32 Å². The molecule has 1 amide bonds. The van der Waals surface area contributed by atoms with Gasteiger partial charge in [-0.1, -0.05) is 35.9 Å². The standard InChI is InChI=1S/C20H13ClFN3O/c21-18-7-13(9-23)5-6-14(18)12-25-20(26)16-8-15(10-24-11-16)17-3-1-2-4-19(17)22/h1-8,10-11H,12H2,(H,25,26). The van der Waals surface area contributed by atoms with Crippen molar-refractivity contribution >= 4 is 17.5 Å². The van der Waals surface area contributed by atoms with E-state index in [1.165, 1.54) is 18.5 Å². The van der Waals surface area contributed by atoms with Crippen LogP contribution in [0.2, 0.25) is 5.02 Å². The minimum Gasteiger partial charge on any atom is -0.348 e. The van der Waals surface area contributed by atoms with Crippen LogP contribution in [0.3, 0.4) is 0 Å². The molecule has 0 unspecified atom stereocenters. The van der Waals surface area contributed by atoms with Gasteiger partial charge in [0.1, 0.15) is 5.82 Å². The van der Waals surface area contributed by atoms with Gasteiger partial charge in [0, 0.05) is 35.1 Å². The van der Waals surface area contributed by atoms with E-state index in [0.717, 1.165) is 0 Å². The van der Waals surface area contributed by atoms with E-state index in [9.17, 15) is 9.18 Å². The van der Waals surface area contributed by atoms with Gasteiger partial charge < -0.3 is 5.32 Å². The number of carbonyl (C=O) groups excluding carboxylic acids is 1. The van der Waals surface area contributed by atoms with Gasteiger partial charge in [0.2, 0.25) is 0 Å². The number of nitrogens with one attached hydrogen (secondary N) is 1. The van der Waals surface area contributed by atoms with Crippen LogP contribution in [0.5, 0.6) is 0 Å². The molecule has 1 N–H and O–H groups in total. The molecule has 0 bridgehead atoms. The molecule has 4 nitrogen and oxygen atoms in total. The van der Waals surface area contributed by atoms with Crippen molar-refractivity contribution in [2.75, 3.05) is 0 Å². The zero-order valence-corrected chi connectivity index (χ0v) is 14.3. The number of rotatable bonds is 4. The third-order valence-electron chi connectivity index (χ3n) is 3.81. The number of hydrogen-bond acceptors (Lipinski definition) is 3. The lowest BCUT2D eigenvalue weighted by Gasteiger charge is -2.09. The number of amides is 1. The highest BCUT2D eigenvalue weighted by molar-refractivity contribution is 6.31.